The van der Waals surface area contributed by atoms with E-state index in [0.717, 1.165) is 25.1 Å². The summed E-state index contributed by atoms with van der Waals surface area (Å²) >= 11 is 0. The molecule has 2 aromatic rings. The van der Waals surface area contributed by atoms with Gasteiger partial charge >= 0.3 is 12.4 Å². The predicted octanol–water partition coefficient (Wildman–Crippen LogP) is 5.59. The Balaban J connectivity index is 2.21. The minimum Gasteiger partial charge on any atom is -0.490 e. The Bertz CT molecular complexity index is 812. The molecule has 3 rings (SSSR count). The number of nitrogens with zero attached hydrogens (tertiary/aromatic N) is 1. The molecule has 2 heterocycles. The van der Waals surface area contributed by atoms with Gasteiger partial charge in [0, 0.05) is 11.1 Å². The Morgan fingerprint density at radius 2 is 1.69 bits per heavy atom. The Morgan fingerprint density at radius 3 is 2.23 bits per heavy atom. The SMILES string of the molecule is CC(c1cc2c(c(-c3ccc(F)cc3)n1)OC[C@H]2C(F)(F)F)C(F)(F)F. The first-order chi connectivity index (χ1) is 12.0. The zero-order chi connectivity index (χ0) is 19.3. The van der Waals surface area contributed by atoms with Crippen LogP contribution in [0, 0.1) is 5.82 Å². The van der Waals surface area contributed by atoms with Crippen molar-refractivity contribution >= 4 is 0 Å². The molecule has 0 saturated heterocycles. The van der Waals surface area contributed by atoms with Gasteiger partial charge in [-0.2, -0.15) is 26.3 Å². The van der Waals surface area contributed by atoms with Crippen molar-refractivity contribution in [2.45, 2.75) is 31.1 Å². The smallest absolute Gasteiger partial charge is 0.399 e. The summed E-state index contributed by atoms with van der Waals surface area (Å²) in [5.74, 6) is -4.93. The first-order valence-corrected chi connectivity index (χ1v) is 7.55. The second-order valence-electron chi connectivity index (χ2n) is 5.99. The van der Waals surface area contributed by atoms with Crippen LogP contribution >= 0.6 is 0 Å². The first-order valence-electron chi connectivity index (χ1n) is 7.55. The lowest BCUT2D eigenvalue weighted by molar-refractivity contribution is -0.151. The van der Waals surface area contributed by atoms with Gasteiger partial charge in [-0.25, -0.2) is 9.37 Å². The summed E-state index contributed by atoms with van der Waals surface area (Å²) in [7, 11) is 0. The summed E-state index contributed by atoms with van der Waals surface area (Å²) in [6.45, 7) is 0.0835. The highest BCUT2D eigenvalue weighted by Crippen LogP contribution is 2.49. The molecule has 0 bridgehead atoms. The third kappa shape index (κ3) is 3.34. The maximum absolute atomic E-state index is 13.2. The van der Waals surface area contributed by atoms with Gasteiger partial charge in [0.05, 0.1) is 11.6 Å². The van der Waals surface area contributed by atoms with Crippen molar-refractivity contribution in [3.05, 3.63) is 47.4 Å². The van der Waals surface area contributed by atoms with Crippen molar-refractivity contribution in [3.8, 4) is 17.0 Å². The van der Waals surface area contributed by atoms with Crippen LogP contribution in [0.3, 0.4) is 0 Å². The van der Waals surface area contributed by atoms with Crippen LogP contribution in [0.1, 0.15) is 30.0 Å². The standard InChI is InChI=1S/C17H12F7NO/c1-8(16(19,20)21)13-6-11-12(17(22,23)24)7-26-15(11)14(25-13)9-2-4-10(18)5-3-9/h2-6,8,12H,7H2,1H3/t8?,12-/m1/s1. The maximum atomic E-state index is 13.2. The topological polar surface area (TPSA) is 22.1 Å². The lowest BCUT2D eigenvalue weighted by Gasteiger charge is -2.19. The van der Waals surface area contributed by atoms with E-state index in [1.54, 1.807) is 0 Å². The fraction of sp³-hybridized carbons (Fsp3) is 0.353. The van der Waals surface area contributed by atoms with Crippen molar-refractivity contribution in [2.75, 3.05) is 6.61 Å². The summed E-state index contributed by atoms with van der Waals surface area (Å²) in [4.78, 5) is 3.89. The fourth-order valence-corrected chi connectivity index (χ4v) is 2.70. The molecular formula is C17H12F7NO. The Labute approximate surface area is 143 Å². The molecule has 0 amide bonds. The number of rotatable bonds is 2. The molecule has 1 aliphatic heterocycles. The van der Waals surface area contributed by atoms with Crippen LogP contribution in [0.25, 0.3) is 11.3 Å². The number of halogens is 7. The molecular weight excluding hydrogens is 367 g/mol. The highest BCUT2D eigenvalue weighted by atomic mass is 19.4. The molecule has 26 heavy (non-hydrogen) atoms. The number of benzene rings is 1. The van der Waals surface area contributed by atoms with Gasteiger partial charge in [-0.3, -0.25) is 0 Å². The molecule has 9 heteroatoms. The molecule has 1 aromatic heterocycles. The van der Waals surface area contributed by atoms with Gasteiger partial charge < -0.3 is 4.74 Å². The highest BCUT2D eigenvalue weighted by molar-refractivity contribution is 5.70. The van der Waals surface area contributed by atoms with Crippen LogP contribution in [0.15, 0.2) is 30.3 Å². The van der Waals surface area contributed by atoms with Gasteiger partial charge in [-0.05, 0) is 37.3 Å². The van der Waals surface area contributed by atoms with Gasteiger partial charge in [0.15, 0.2) is 0 Å². The van der Waals surface area contributed by atoms with E-state index in [4.69, 9.17) is 4.74 Å². The number of alkyl halides is 6. The van der Waals surface area contributed by atoms with E-state index in [9.17, 15) is 30.7 Å². The monoisotopic (exact) mass is 379 g/mol. The largest absolute Gasteiger partial charge is 0.490 e. The molecule has 1 aliphatic rings. The second-order valence-corrected chi connectivity index (χ2v) is 5.99. The molecule has 0 saturated carbocycles. The van der Waals surface area contributed by atoms with Gasteiger partial charge in [-0.1, -0.05) is 0 Å². The van der Waals surface area contributed by atoms with E-state index in [1.807, 2.05) is 0 Å². The number of ether oxygens (including phenoxy) is 1. The summed E-state index contributed by atoms with van der Waals surface area (Å²) in [5.41, 5.74) is -0.935. The molecule has 1 aromatic carbocycles. The van der Waals surface area contributed by atoms with Gasteiger partial charge in [-0.15, -0.1) is 0 Å². The van der Waals surface area contributed by atoms with Crippen molar-refractivity contribution in [3.63, 3.8) is 0 Å². The van der Waals surface area contributed by atoms with E-state index in [0.29, 0.717) is 0 Å². The predicted molar refractivity (Wildman–Crippen MR) is 78.4 cm³/mol. The number of aromatic nitrogens is 1. The van der Waals surface area contributed by atoms with Crippen LogP contribution in [0.5, 0.6) is 5.75 Å². The molecule has 0 aliphatic carbocycles. The summed E-state index contributed by atoms with van der Waals surface area (Å²) in [6.07, 6.45) is -9.35. The van der Waals surface area contributed by atoms with E-state index < -0.39 is 47.9 Å². The normalized spacial score (nSPS) is 18.4. The Hall–Kier alpha value is -2.32. The lowest BCUT2D eigenvalue weighted by Crippen LogP contribution is -2.23. The average molecular weight is 379 g/mol. The first kappa shape index (κ1) is 18.5. The fourth-order valence-electron chi connectivity index (χ4n) is 2.70. The number of pyridine rings is 1. The molecule has 2 atom stereocenters. The molecule has 0 spiro atoms. The number of hydrogen-bond acceptors (Lipinski definition) is 2. The van der Waals surface area contributed by atoms with E-state index in [2.05, 4.69) is 4.98 Å². The number of hydrogen-bond donors (Lipinski definition) is 0. The minimum atomic E-state index is -4.68. The van der Waals surface area contributed by atoms with E-state index in [-0.39, 0.29) is 17.0 Å². The van der Waals surface area contributed by atoms with Gasteiger partial charge in [0.2, 0.25) is 0 Å². The van der Waals surface area contributed by atoms with Gasteiger partial charge in [0.1, 0.15) is 29.8 Å². The Morgan fingerprint density at radius 1 is 1.08 bits per heavy atom. The molecule has 0 N–H and O–H groups in total. The van der Waals surface area contributed by atoms with Crippen molar-refractivity contribution in [2.24, 2.45) is 0 Å². The second kappa shape index (κ2) is 6.14. The van der Waals surface area contributed by atoms with Crippen molar-refractivity contribution in [1.82, 2.24) is 4.98 Å². The van der Waals surface area contributed by atoms with Crippen LogP contribution in [0.2, 0.25) is 0 Å². The quantitative estimate of drug-likeness (QED) is 0.635. The average Bonchev–Trinajstić information content (AvgIpc) is 2.97. The zero-order valence-corrected chi connectivity index (χ0v) is 13.2. The minimum absolute atomic E-state index is 0.166. The molecule has 1 unspecified atom stereocenters. The lowest BCUT2D eigenvalue weighted by atomic mass is 9.95. The van der Waals surface area contributed by atoms with Gasteiger partial charge in [0.25, 0.3) is 0 Å². The Kier molecular flexibility index (Phi) is 4.36. The van der Waals surface area contributed by atoms with Crippen LogP contribution < -0.4 is 4.74 Å². The number of fused-ring (bicyclic) bond motifs is 1. The maximum Gasteiger partial charge on any atom is 0.399 e. The van der Waals surface area contributed by atoms with Crippen LogP contribution in [-0.2, 0) is 0 Å². The molecule has 2 nitrogen and oxygen atoms in total. The molecule has 140 valence electrons. The summed E-state index contributed by atoms with van der Waals surface area (Å²) in [5, 5.41) is 0. The van der Waals surface area contributed by atoms with Crippen molar-refractivity contribution < 1.29 is 35.5 Å². The van der Waals surface area contributed by atoms with Crippen molar-refractivity contribution in [1.29, 1.82) is 0 Å². The van der Waals surface area contributed by atoms with E-state index >= 15 is 0 Å². The molecule has 0 fully saturated rings. The highest BCUT2D eigenvalue weighted by Gasteiger charge is 2.48. The summed E-state index contributed by atoms with van der Waals surface area (Å²) in [6, 6.07) is 5.33. The zero-order valence-electron chi connectivity index (χ0n) is 13.2. The molecule has 0 radical (unpaired) electrons. The van der Waals surface area contributed by atoms with Crippen LogP contribution in [-0.4, -0.2) is 23.9 Å². The third-order valence-electron chi connectivity index (χ3n) is 4.24. The van der Waals surface area contributed by atoms with Crippen LogP contribution in [0.4, 0.5) is 30.7 Å². The van der Waals surface area contributed by atoms with E-state index in [1.165, 1.54) is 12.1 Å². The third-order valence-corrected chi connectivity index (χ3v) is 4.24. The summed E-state index contributed by atoms with van der Waals surface area (Å²) < 4.78 is 97.1.